The molecular weight excluding hydrogens is 497 g/mol. The predicted octanol–water partition coefficient (Wildman–Crippen LogP) is 10.4. The molecule has 0 atom stereocenters. The Labute approximate surface area is 223 Å². The van der Waals surface area contributed by atoms with Crippen LogP contribution < -0.4 is 0 Å². The van der Waals surface area contributed by atoms with Crippen molar-refractivity contribution in [1.29, 1.82) is 0 Å². The Balaban J connectivity index is 2.26. The lowest BCUT2D eigenvalue weighted by Crippen LogP contribution is -2.17. The number of rotatable bonds is 5. The summed E-state index contributed by atoms with van der Waals surface area (Å²) >= 11 is 0. The van der Waals surface area contributed by atoms with E-state index in [1.54, 1.807) is 41.2 Å². The molecule has 0 aromatic heterocycles. The average Bonchev–Trinajstić information content (AvgIpc) is 2.63. The van der Waals surface area contributed by atoms with Crippen LogP contribution in [-0.4, -0.2) is 10.2 Å². The topological polar surface area (TPSA) is 40.5 Å². The highest BCUT2D eigenvalue weighted by Gasteiger charge is 2.28. The van der Waals surface area contributed by atoms with Gasteiger partial charge in [0.1, 0.15) is 11.5 Å². The molecule has 0 unspecified atom stereocenters. The van der Waals surface area contributed by atoms with Crippen LogP contribution in [0.4, 0.5) is 0 Å². The van der Waals surface area contributed by atoms with Crippen molar-refractivity contribution >= 4 is 41.2 Å². The fraction of sp³-hybridized carbons (Fsp3) is 0.571. The van der Waals surface area contributed by atoms with Crippen LogP contribution in [0, 0.1) is 0 Å². The summed E-state index contributed by atoms with van der Waals surface area (Å²) in [5.41, 5.74) is 3.43. The molecule has 0 saturated heterocycles. The van der Waals surface area contributed by atoms with Gasteiger partial charge in [0.2, 0.25) is 0 Å². The molecule has 0 aliphatic heterocycles. The molecule has 0 heterocycles. The average molecular weight is 539 g/mol. The number of hydrogen-bond donors (Lipinski definition) is 2. The zero-order valence-corrected chi connectivity index (χ0v) is 26.1. The molecule has 2 aromatic carbocycles. The first-order chi connectivity index (χ1) is 15.2. The zero-order valence-electron chi connectivity index (χ0n) is 22.8. The lowest BCUT2D eigenvalue weighted by atomic mass is 9.79. The number of hydrogen-bond acceptors (Lipinski definition) is 6. The second-order valence-corrected chi connectivity index (χ2v) is 18.9. The molecule has 0 aliphatic rings. The molecule has 0 saturated carbocycles. The lowest BCUT2D eigenvalue weighted by molar-refractivity contribution is 0.421. The van der Waals surface area contributed by atoms with Gasteiger partial charge in [-0.05, 0) is 87.2 Å². The molecule has 0 spiro atoms. The highest BCUT2D eigenvalue weighted by atomic mass is 33.7. The molecule has 2 N–H and O–H groups in total. The second-order valence-electron chi connectivity index (χ2n) is 13.0. The molecule has 34 heavy (non-hydrogen) atoms. The van der Waals surface area contributed by atoms with Crippen molar-refractivity contribution in [2.24, 2.45) is 0 Å². The van der Waals surface area contributed by atoms with Gasteiger partial charge in [-0.25, -0.2) is 0 Å². The molecule has 0 amide bonds. The Bertz CT molecular complexity index is 863. The van der Waals surface area contributed by atoms with Crippen LogP contribution in [0.3, 0.4) is 0 Å². The van der Waals surface area contributed by atoms with E-state index in [1.165, 1.54) is 0 Å². The largest absolute Gasteiger partial charge is 0.507 e. The summed E-state index contributed by atoms with van der Waals surface area (Å²) in [6, 6.07) is 8.51. The maximum absolute atomic E-state index is 11.0. The zero-order chi connectivity index (χ0) is 26.3. The minimum Gasteiger partial charge on any atom is -0.507 e. The van der Waals surface area contributed by atoms with E-state index in [-0.39, 0.29) is 21.7 Å². The number of phenolic OH excluding ortho intramolecular Hbond substituents is 2. The van der Waals surface area contributed by atoms with E-state index in [2.05, 4.69) is 107 Å². The fourth-order valence-corrected chi connectivity index (χ4v) is 9.21. The van der Waals surface area contributed by atoms with Crippen LogP contribution in [0.2, 0.25) is 0 Å². The van der Waals surface area contributed by atoms with Gasteiger partial charge in [0, 0.05) is 32.0 Å². The highest BCUT2D eigenvalue weighted by Crippen LogP contribution is 2.53. The first-order valence-corrected chi connectivity index (χ1v) is 16.5. The van der Waals surface area contributed by atoms with Gasteiger partial charge in [-0.3, -0.25) is 0 Å². The van der Waals surface area contributed by atoms with Gasteiger partial charge in [0.15, 0.2) is 0 Å². The summed E-state index contributed by atoms with van der Waals surface area (Å²) in [6.45, 7) is 25.7. The molecule has 2 rings (SSSR count). The van der Waals surface area contributed by atoms with E-state index in [9.17, 15) is 10.2 Å². The number of phenols is 2. The first-order valence-electron chi connectivity index (χ1n) is 11.7. The van der Waals surface area contributed by atoms with Crippen LogP contribution in [0.25, 0.3) is 0 Å². The van der Waals surface area contributed by atoms with E-state index < -0.39 is 0 Å². The standard InChI is InChI=1S/C28H42O2S4/c1-25(2,3)19-13-17(14-20(23(19)29)26(4,5)6)31-33-34-32-18-15-21(27(7,8)9)24(30)22(16-18)28(10,11)12/h13-16,29-30H,1-12H3. The second kappa shape index (κ2) is 10.4. The third-order valence-corrected chi connectivity index (χ3v) is 11.7. The fourth-order valence-electron chi connectivity index (χ4n) is 3.71. The van der Waals surface area contributed by atoms with Crippen LogP contribution in [0.5, 0.6) is 11.5 Å². The normalized spacial score (nSPS) is 13.4. The monoisotopic (exact) mass is 538 g/mol. The van der Waals surface area contributed by atoms with E-state index in [4.69, 9.17) is 0 Å². The molecule has 2 nitrogen and oxygen atoms in total. The van der Waals surface area contributed by atoms with Crippen molar-refractivity contribution in [2.45, 2.75) is 115 Å². The van der Waals surface area contributed by atoms with Gasteiger partial charge in [0.05, 0.1) is 0 Å². The minimum atomic E-state index is -0.133. The molecule has 0 fully saturated rings. The molecule has 190 valence electrons. The molecule has 0 radical (unpaired) electrons. The molecule has 2 aromatic rings. The van der Waals surface area contributed by atoms with E-state index in [1.807, 2.05) is 0 Å². The van der Waals surface area contributed by atoms with Gasteiger partial charge >= 0.3 is 0 Å². The third-order valence-electron chi connectivity index (χ3n) is 5.69. The minimum absolute atomic E-state index is 0.133. The van der Waals surface area contributed by atoms with Crippen molar-refractivity contribution < 1.29 is 10.2 Å². The Hall–Kier alpha value is -0.560. The summed E-state index contributed by atoms with van der Waals surface area (Å²) in [7, 11) is 6.92. The van der Waals surface area contributed by atoms with Gasteiger partial charge in [-0.15, -0.1) is 0 Å². The van der Waals surface area contributed by atoms with Crippen LogP contribution >= 0.6 is 41.2 Å². The lowest BCUT2D eigenvalue weighted by Gasteiger charge is -2.28. The summed E-state index contributed by atoms with van der Waals surface area (Å²) in [6.07, 6.45) is 0. The van der Waals surface area contributed by atoms with E-state index in [0.29, 0.717) is 11.5 Å². The van der Waals surface area contributed by atoms with Crippen molar-refractivity contribution in [1.82, 2.24) is 0 Å². The van der Waals surface area contributed by atoms with Gasteiger partial charge in [-0.2, -0.15) is 0 Å². The van der Waals surface area contributed by atoms with Crippen molar-refractivity contribution in [2.75, 3.05) is 0 Å². The SMILES string of the molecule is CC(C)(C)c1cc(SSSSc2cc(C(C)(C)C)c(O)c(C(C)(C)C)c2)cc(C(C)(C)C)c1O. The summed E-state index contributed by atoms with van der Waals surface area (Å²) in [4.78, 5) is 2.31. The van der Waals surface area contributed by atoms with E-state index >= 15 is 0 Å². The smallest absolute Gasteiger partial charge is 0.123 e. The number of aromatic hydroxyl groups is 2. The Morgan fingerprint density at radius 2 is 0.647 bits per heavy atom. The molecular formula is C28H42O2S4. The maximum Gasteiger partial charge on any atom is 0.123 e. The Morgan fingerprint density at radius 3 is 0.824 bits per heavy atom. The maximum atomic E-state index is 11.0. The van der Waals surface area contributed by atoms with Crippen LogP contribution in [0.1, 0.15) is 105 Å². The van der Waals surface area contributed by atoms with Gasteiger partial charge < -0.3 is 10.2 Å². The Kier molecular flexibility index (Phi) is 9.10. The van der Waals surface area contributed by atoms with E-state index in [0.717, 1.165) is 32.0 Å². The quantitative estimate of drug-likeness (QED) is 0.291. The summed E-state index contributed by atoms with van der Waals surface area (Å²) in [5.74, 6) is 0.842. The predicted molar refractivity (Wildman–Crippen MR) is 158 cm³/mol. The van der Waals surface area contributed by atoms with Crippen molar-refractivity contribution in [3.05, 3.63) is 46.5 Å². The molecule has 6 heteroatoms. The first kappa shape index (κ1) is 29.7. The van der Waals surface area contributed by atoms with Gasteiger partial charge in [0.25, 0.3) is 0 Å². The Morgan fingerprint density at radius 1 is 0.441 bits per heavy atom. The van der Waals surface area contributed by atoms with Crippen molar-refractivity contribution in [3.63, 3.8) is 0 Å². The summed E-state index contributed by atoms with van der Waals surface area (Å²) in [5, 5.41) is 21.9. The van der Waals surface area contributed by atoms with Crippen molar-refractivity contribution in [3.8, 4) is 11.5 Å². The number of benzene rings is 2. The summed E-state index contributed by atoms with van der Waals surface area (Å²) < 4.78 is 0. The van der Waals surface area contributed by atoms with Gasteiger partial charge in [-0.1, -0.05) is 83.1 Å². The molecule has 0 bridgehead atoms. The van der Waals surface area contributed by atoms with Crippen LogP contribution in [0.15, 0.2) is 34.1 Å². The third kappa shape index (κ3) is 7.47. The van der Waals surface area contributed by atoms with Crippen LogP contribution in [-0.2, 0) is 21.7 Å². The highest BCUT2D eigenvalue weighted by molar-refractivity contribution is 9.26. The molecule has 0 aliphatic carbocycles.